The molecule has 11 nitrogen and oxygen atoms in total. The number of ether oxygens (including phenoxy) is 1. The van der Waals surface area contributed by atoms with E-state index in [0.717, 1.165) is 16.5 Å². The number of methoxy groups -OCH3 is 1. The van der Waals surface area contributed by atoms with Crippen LogP contribution in [0.15, 0.2) is 60.4 Å². The molecular weight excluding hydrogens is 542 g/mol. The van der Waals surface area contributed by atoms with Crippen LogP contribution >= 0.6 is 11.3 Å². The number of unbranched alkanes of at least 4 members (excludes halogenated alkanes) is 1. The number of nitrogens with zero attached hydrogens (tertiary/aromatic N) is 4. The van der Waals surface area contributed by atoms with Gasteiger partial charge in [-0.25, -0.2) is 15.0 Å². The fourth-order valence-corrected chi connectivity index (χ4v) is 4.93. The number of pyridine rings is 2. The largest absolute Gasteiger partial charge is 0.505 e. The maximum absolute atomic E-state index is 12.9. The molecule has 5 rings (SSSR count). The molecule has 0 saturated carbocycles. The zero-order valence-corrected chi connectivity index (χ0v) is 23.4. The van der Waals surface area contributed by atoms with Crippen LogP contribution in [0.2, 0.25) is 0 Å². The molecule has 0 spiro atoms. The summed E-state index contributed by atoms with van der Waals surface area (Å²) in [7, 11) is 1.57. The van der Waals surface area contributed by atoms with Gasteiger partial charge >= 0.3 is 0 Å². The van der Waals surface area contributed by atoms with Crippen molar-refractivity contribution in [3.63, 3.8) is 0 Å². The lowest BCUT2D eigenvalue weighted by molar-refractivity contribution is 0.0934. The minimum atomic E-state index is -0.435. The average Bonchev–Trinajstić information content (AvgIpc) is 3.70. The number of hydrogen-bond donors (Lipinski definition) is 4. The number of aromatic amines is 1. The third kappa shape index (κ3) is 6.49. The zero-order chi connectivity index (χ0) is 28.8. The molecule has 4 N–H and O–H groups in total. The van der Waals surface area contributed by atoms with E-state index in [-0.39, 0.29) is 17.4 Å². The molecule has 0 saturated heterocycles. The molecule has 0 bridgehead atoms. The number of benzene rings is 1. The number of imidazole rings is 1. The molecule has 0 unspecified atom stereocenters. The Hall–Kier alpha value is -4.84. The molecule has 0 radical (unpaired) electrons. The van der Waals surface area contributed by atoms with Crippen molar-refractivity contribution in [1.29, 1.82) is 0 Å². The van der Waals surface area contributed by atoms with E-state index in [4.69, 9.17) is 4.74 Å². The van der Waals surface area contributed by atoms with Crippen molar-refractivity contribution in [2.24, 2.45) is 0 Å². The topological polar surface area (TPSA) is 155 Å². The van der Waals surface area contributed by atoms with Gasteiger partial charge in [0.2, 0.25) is 5.88 Å². The number of aryl methyl sites for hydroxylation is 1. The highest BCUT2D eigenvalue weighted by atomic mass is 32.1. The van der Waals surface area contributed by atoms with Crippen LogP contribution in [0.1, 0.15) is 57.0 Å². The van der Waals surface area contributed by atoms with Crippen molar-refractivity contribution >= 4 is 34.1 Å². The summed E-state index contributed by atoms with van der Waals surface area (Å²) in [6, 6.07) is 12.4. The second-order valence-corrected chi connectivity index (χ2v) is 10.3. The SMILES string of the molecule is COc1nc2ccccc2cc1-c1cnc([C@H](CCCCNC(=O)c2nc(C)ccc2O)NC(=O)c2cncs2)[nH]1. The van der Waals surface area contributed by atoms with Crippen LogP contribution in [-0.2, 0) is 0 Å². The molecule has 4 aromatic heterocycles. The van der Waals surface area contributed by atoms with Gasteiger partial charge < -0.3 is 25.5 Å². The van der Waals surface area contributed by atoms with Crippen molar-refractivity contribution in [3.05, 3.63) is 82.5 Å². The lowest BCUT2D eigenvalue weighted by Gasteiger charge is -2.16. The summed E-state index contributed by atoms with van der Waals surface area (Å²) in [5, 5.41) is 16.8. The van der Waals surface area contributed by atoms with Gasteiger partial charge in [-0.3, -0.25) is 14.6 Å². The maximum atomic E-state index is 12.9. The van der Waals surface area contributed by atoms with Crippen molar-refractivity contribution in [3.8, 4) is 22.9 Å². The molecule has 12 heteroatoms. The van der Waals surface area contributed by atoms with Crippen molar-refractivity contribution in [2.75, 3.05) is 13.7 Å². The van der Waals surface area contributed by atoms with E-state index in [2.05, 4.69) is 35.6 Å². The fourth-order valence-electron chi connectivity index (χ4n) is 4.41. The quantitative estimate of drug-likeness (QED) is 0.168. The number of carbonyl (C=O) groups excluding carboxylic acids is 2. The van der Waals surface area contributed by atoms with E-state index in [1.165, 1.54) is 23.6 Å². The minimum Gasteiger partial charge on any atom is -0.505 e. The summed E-state index contributed by atoms with van der Waals surface area (Å²) in [6.45, 7) is 2.14. The normalized spacial score (nSPS) is 11.8. The first-order valence-corrected chi connectivity index (χ1v) is 13.9. The second-order valence-electron chi connectivity index (χ2n) is 9.38. The monoisotopic (exact) mass is 571 g/mol. The summed E-state index contributed by atoms with van der Waals surface area (Å²) in [6.07, 6.45) is 5.12. The Balaban J connectivity index is 1.29. The van der Waals surface area contributed by atoms with Crippen LogP contribution in [0.3, 0.4) is 0 Å². The second kappa shape index (κ2) is 12.6. The van der Waals surface area contributed by atoms with E-state index < -0.39 is 11.9 Å². The maximum Gasteiger partial charge on any atom is 0.273 e. The number of fused-ring (bicyclic) bond motifs is 1. The molecule has 4 heterocycles. The molecule has 2 amide bonds. The van der Waals surface area contributed by atoms with Crippen LogP contribution in [-0.4, -0.2) is 55.5 Å². The van der Waals surface area contributed by atoms with E-state index in [9.17, 15) is 14.7 Å². The third-order valence-corrected chi connectivity index (χ3v) is 7.26. The first-order valence-electron chi connectivity index (χ1n) is 13.1. The Labute approximate surface area is 240 Å². The van der Waals surface area contributed by atoms with Gasteiger partial charge in [-0.15, -0.1) is 11.3 Å². The lowest BCUT2D eigenvalue weighted by Crippen LogP contribution is -2.29. The fraction of sp³-hybridized carbons (Fsp3) is 0.241. The average molecular weight is 572 g/mol. The zero-order valence-electron chi connectivity index (χ0n) is 22.5. The highest BCUT2D eigenvalue weighted by molar-refractivity contribution is 7.11. The van der Waals surface area contributed by atoms with Crippen LogP contribution in [0, 0.1) is 6.92 Å². The van der Waals surface area contributed by atoms with Crippen molar-refractivity contribution < 1.29 is 19.4 Å². The van der Waals surface area contributed by atoms with Gasteiger partial charge in [0.1, 0.15) is 16.5 Å². The summed E-state index contributed by atoms with van der Waals surface area (Å²) >= 11 is 1.26. The first kappa shape index (κ1) is 27.7. The predicted molar refractivity (Wildman–Crippen MR) is 155 cm³/mol. The number of thiazole rings is 1. The smallest absolute Gasteiger partial charge is 0.273 e. The number of hydrogen-bond acceptors (Lipinski definition) is 9. The summed E-state index contributed by atoms with van der Waals surface area (Å²) < 4.78 is 5.56. The van der Waals surface area contributed by atoms with Gasteiger partial charge in [0.05, 0.1) is 47.8 Å². The highest BCUT2D eigenvalue weighted by Gasteiger charge is 2.21. The number of para-hydroxylation sites is 1. The van der Waals surface area contributed by atoms with Gasteiger partial charge in [-0.1, -0.05) is 18.2 Å². The van der Waals surface area contributed by atoms with Crippen molar-refractivity contribution in [2.45, 2.75) is 32.2 Å². The number of carbonyl (C=O) groups is 2. The van der Waals surface area contributed by atoms with Gasteiger partial charge in [-0.2, -0.15) is 0 Å². The molecule has 0 aliphatic carbocycles. The Morgan fingerprint density at radius 3 is 2.76 bits per heavy atom. The van der Waals surface area contributed by atoms with E-state index >= 15 is 0 Å². The van der Waals surface area contributed by atoms with Crippen LogP contribution in [0.25, 0.3) is 22.2 Å². The Kier molecular flexibility index (Phi) is 8.49. The van der Waals surface area contributed by atoms with E-state index in [0.29, 0.717) is 53.8 Å². The van der Waals surface area contributed by atoms with Gasteiger partial charge in [-0.05, 0) is 50.5 Å². The molecule has 1 aromatic carbocycles. The molecule has 0 aliphatic rings. The number of amides is 2. The Morgan fingerprint density at radius 1 is 1.10 bits per heavy atom. The van der Waals surface area contributed by atoms with Crippen molar-refractivity contribution in [1.82, 2.24) is 35.6 Å². The molecule has 41 heavy (non-hydrogen) atoms. The number of nitrogens with one attached hydrogen (secondary N) is 3. The van der Waals surface area contributed by atoms with Gasteiger partial charge in [0.15, 0.2) is 5.69 Å². The lowest BCUT2D eigenvalue weighted by atomic mass is 10.1. The number of H-pyrrole nitrogens is 1. The first-order chi connectivity index (χ1) is 19.9. The number of rotatable bonds is 11. The van der Waals surface area contributed by atoms with E-state index in [1.807, 2.05) is 30.3 Å². The third-order valence-electron chi connectivity index (χ3n) is 6.49. The molecule has 0 fully saturated rings. The van der Waals surface area contributed by atoms with Crippen LogP contribution < -0.4 is 15.4 Å². The summed E-state index contributed by atoms with van der Waals surface area (Å²) in [5.41, 5.74) is 4.54. The Morgan fingerprint density at radius 2 is 1.95 bits per heavy atom. The highest BCUT2D eigenvalue weighted by Crippen LogP contribution is 2.31. The standard InChI is InChI=1S/C29H29N7O4S/c1-17-10-11-23(37)25(33-17)28(39)31-12-6-5-9-21(35-27(38)24-15-30-16-41-24)26-32-14-22(34-26)19-13-18-7-3-4-8-20(18)36-29(19)40-2/h3-4,7-8,10-11,13-16,21,37H,5-6,9,12H2,1-2H3,(H,31,39)(H,32,34)(H,35,38)/t21-/m0/s1. The van der Waals surface area contributed by atoms with Gasteiger partial charge in [0, 0.05) is 17.6 Å². The summed E-state index contributed by atoms with van der Waals surface area (Å²) in [4.78, 5) is 46.5. The number of aromatic hydroxyl groups is 1. The summed E-state index contributed by atoms with van der Waals surface area (Å²) in [5.74, 6) is 0.218. The molecule has 5 aromatic rings. The number of aromatic nitrogens is 5. The van der Waals surface area contributed by atoms with E-state index in [1.54, 1.807) is 31.8 Å². The molecule has 210 valence electrons. The molecule has 1 atom stereocenters. The molecule has 0 aliphatic heterocycles. The molecular formula is C29H29N7O4S. The minimum absolute atomic E-state index is 0.00132. The predicted octanol–water partition coefficient (Wildman–Crippen LogP) is 4.57. The Bertz CT molecular complexity index is 1670. The van der Waals surface area contributed by atoms with Gasteiger partial charge in [0.25, 0.3) is 11.8 Å². The van der Waals surface area contributed by atoms with Crippen LogP contribution in [0.4, 0.5) is 0 Å². The van der Waals surface area contributed by atoms with Crippen LogP contribution in [0.5, 0.6) is 11.6 Å².